The number of hydrogen-bond donors (Lipinski definition) is 1. The summed E-state index contributed by atoms with van der Waals surface area (Å²) >= 11 is 0. The second-order valence-electron chi connectivity index (χ2n) is 9.94. The number of hydrogen-bond acceptors (Lipinski definition) is 3. The minimum Gasteiger partial charge on any atom is -0.347 e. The van der Waals surface area contributed by atoms with Gasteiger partial charge in [-0.3, -0.25) is 4.98 Å². The van der Waals surface area contributed by atoms with Crippen LogP contribution in [0.5, 0.6) is 0 Å². The number of alkyl halides is 2. The lowest BCUT2D eigenvalue weighted by Gasteiger charge is -2.20. The second kappa shape index (κ2) is 8.43. The number of aromatic nitrogens is 2. The van der Waals surface area contributed by atoms with Gasteiger partial charge in [0, 0.05) is 47.0 Å². The van der Waals surface area contributed by atoms with E-state index in [0.29, 0.717) is 35.9 Å². The average Bonchev–Trinajstić information content (AvgIpc) is 3.51. The summed E-state index contributed by atoms with van der Waals surface area (Å²) in [4.78, 5) is 3.75. The number of sulfonamides is 1. The molecule has 1 N–H and O–H groups in total. The fraction of sp³-hybridized carbons (Fsp3) is 0.458. The van der Waals surface area contributed by atoms with E-state index in [1.807, 2.05) is 10.8 Å². The quantitative estimate of drug-likeness (QED) is 0.454. The molecule has 33 heavy (non-hydrogen) atoms. The van der Waals surface area contributed by atoms with Gasteiger partial charge in [0.15, 0.2) is 0 Å². The Balaban J connectivity index is 1.87. The third-order valence-electron chi connectivity index (χ3n) is 5.75. The maximum Gasteiger partial charge on any atom is 0.280 e. The van der Waals surface area contributed by atoms with E-state index in [4.69, 9.17) is 0 Å². The fourth-order valence-electron chi connectivity index (χ4n) is 4.13. The molecule has 0 radical (unpaired) electrons. The minimum atomic E-state index is -3.45. The normalized spacial score (nSPS) is 16.0. The molecule has 1 fully saturated rings. The van der Waals surface area contributed by atoms with Crippen LogP contribution in [0.3, 0.4) is 0 Å². The molecule has 0 saturated heterocycles. The Kier molecular flexibility index (Phi) is 6.07. The molecule has 3 aromatic rings. The molecular formula is C24H28F3N3O2S. The van der Waals surface area contributed by atoms with Crippen LogP contribution in [0.2, 0.25) is 0 Å². The number of benzene rings is 1. The topological polar surface area (TPSA) is 64.0 Å². The maximum absolute atomic E-state index is 15.3. The molecule has 1 unspecified atom stereocenters. The van der Waals surface area contributed by atoms with Crippen LogP contribution in [0.4, 0.5) is 13.2 Å². The number of halogens is 3. The highest BCUT2D eigenvalue weighted by atomic mass is 32.2. The van der Waals surface area contributed by atoms with Gasteiger partial charge < -0.3 is 4.57 Å². The average molecular weight is 480 g/mol. The predicted octanol–water partition coefficient (Wildman–Crippen LogP) is 5.97. The molecule has 1 aliphatic rings. The van der Waals surface area contributed by atoms with E-state index in [9.17, 15) is 17.2 Å². The van der Waals surface area contributed by atoms with Crippen LogP contribution in [0.25, 0.3) is 22.0 Å². The second-order valence-corrected chi connectivity index (χ2v) is 11.9. The van der Waals surface area contributed by atoms with Crippen molar-refractivity contribution in [2.45, 2.75) is 64.8 Å². The van der Waals surface area contributed by atoms with Crippen LogP contribution < -0.4 is 4.72 Å². The highest BCUT2D eigenvalue weighted by molar-refractivity contribution is 7.90. The molecule has 1 aromatic carbocycles. The van der Waals surface area contributed by atoms with E-state index >= 15 is 4.39 Å². The van der Waals surface area contributed by atoms with Crippen molar-refractivity contribution in [2.75, 3.05) is 0 Å². The molecule has 1 aliphatic carbocycles. The molecule has 0 aliphatic heterocycles. The fourth-order valence-corrected chi connectivity index (χ4v) is 5.70. The molecule has 0 amide bonds. The van der Waals surface area contributed by atoms with Gasteiger partial charge in [-0.1, -0.05) is 26.8 Å². The molecule has 2 heterocycles. The van der Waals surface area contributed by atoms with Crippen LogP contribution in [0, 0.1) is 11.2 Å². The van der Waals surface area contributed by atoms with E-state index in [2.05, 4.69) is 30.5 Å². The molecule has 9 heteroatoms. The Morgan fingerprint density at radius 1 is 1.21 bits per heavy atom. The zero-order valence-corrected chi connectivity index (χ0v) is 19.9. The zero-order valence-electron chi connectivity index (χ0n) is 19.1. The minimum absolute atomic E-state index is 0.0388. The summed E-state index contributed by atoms with van der Waals surface area (Å²) in [5.41, 5.74) is 0.769. The number of nitrogens with zero attached hydrogens (tertiary/aromatic N) is 2. The summed E-state index contributed by atoms with van der Waals surface area (Å²) in [6.45, 7) is 8.47. The van der Waals surface area contributed by atoms with Gasteiger partial charge in [0.05, 0.1) is 5.25 Å². The van der Waals surface area contributed by atoms with Gasteiger partial charge in [0.25, 0.3) is 6.43 Å². The summed E-state index contributed by atoms with van der Waals surface area (Å²) < 4.78 is 72.0. The van der Waals surface area contributed by atoms with Crippen LogP contribution in [-0.4, -0.2) is 23.2 Å². The van der Waals surface area contributed by atoms with Gasteiger partial charge in [0.2, 0.25) is 10.0 Å². The monoisotopic (exact) mass is 479 g/mol. The van der Waals surface area contributed by atoms with Crippen LogP contribution in [0.1, 0.15) is 64.3 Å². The molecule has 1 atom stereocenters. The smallest absolute Gasteiger partial charge is 0.280 e. The molecule has 0 spiro atoms. The van der Waals surface area contributed by atoms with E-state index in [-0.39, 0.29) is 21.8 Å². The van der Waals surface area contributed by atoms with Crippen molar-refractivity contribution in [1.29, 1.82) is 0 Å². The SMILES string of the molecule is CC(NS(=O)(=O)C1CC1)c1cn(CC(C)(C)C)c2cc(-c3cccnc3C(F)F)c(F)cc12. The summed E-state index contributed by atoms with van der Waals surface area (Å²) in [5, 5.41) is 0.179. The predicted molar refractivity (Wildman–Crippen MR) is 123 cm³/mol. The highest BCUT2D eigenvalue weighted by Crippen LogP contribution is 2.37. The third-order valence-corrected chi connectivity index (χ3v) is 7.78. The van der Waals surface area contributed by atoms with E-state index in [1.54, 1.807) is 13.0 Å². The van der Waals surface area contributed by atoms with Crippen molar-refractivity contribution in [2.24, 2.45) is 5.41 Å². The summed E-state index contributed by atoms with van der Waals surface area (Å²) in [7, 11) is -3.45. The Bertz CT molecular complexity index is 1290. The van der Waals surface area contributed by atoms with Gasteiger partial charge in [-0.15, -0.1) is 0 Å². The number of pyridine rings is 1. The number of rotatable bonds is 7. The maximum atomic E-state index is 15.3. The lowest BCUT2D eigenvalue weighted by molar-refractivity contribution is 0.147. The number of nitrogens with one attached hydrogen (secondary N) is 1. The van der Waals surface area contributed by atoms with Gasteiger partial charge >= 0.3 is 0 Å². The standard InChI is InChI=1S/C24H28F3N3O2S/c1-14(29-33(31,32)15-7-8-15)19-12-30(13-24(2,3)4)21-11-17(20(25)10-18(19)21)16-6-5-9-28-22(16)23(26)27/h5-6,9-12,14-15,23,29H,7-8,13H2,1-4H3. The first-order valence-corrected chi connectivity index (χ1v) is 12.5. The van der Waals surface area contributed by atoms with Crippen molar-refractivity contribution in [3.8, 4) is 11.1 Å². The summed E-state index contributed by atoms with van der Waals surface area (Å²) in [6.07, 6.45) is 1.53. The molecule has 2 aromatic heterocycles. The molecule has 1 saturated carbocycles. The van der Waals surface area contributed by atoms with Gasteiger partial charge in [-0.25, -0.2) is 26.3 Å². The van der Waals surface area contributed by atoms with E-state index in [0.717, 1.165) is 0 Å². The zero-order chi connectivity index (χ0) is 24.1. The third kappa shape index (κ3) is 4.94. The van der Waals surface area contributed by atoms with E-state index < -0.39 is 34.0 Å². The molecule has 5 nitrogen and oxygen atoms in total. The number of fused-ring (bicyclic) bond motifs is 1. The molecule has 178 valence electrons. The summed E-state index contributed by atoms with van der Waals surface area (Å²) in [5.74, 6) is -0.663. The van der Waals surface area contributed by atoms with E-state index in [1.165, 1.54) is 24.4 Å². The first-order chi connectivity index (χ1) is 15.4. The van der Waals surface area contributed by atoms with Crippen molar-refractivity contribution in [3.63, 3.8) is 0 Å². The van der Waals surface area contributed by atoms with Gasteiger partial charge in [0.1, 0.15) is 11.5 Å². The van der Waals surface area contributed by atoms with Gasteiger partial charge in [-0.2, -0.15) is 0 Å². The Morgan fingerprint density at radius 3 is 2.52 bits per heavy atom. The van der Waals surface area contributed by atoms with Gasteiger partial charge in [-0.05, 0) is 48.9 Å². The van der Waals surface area contributed by atoms with Crippen molar-refractivity contribution in [1.82, 2.24) is 14.3 Å². The Hall–Kier alpha value is -2.39. The largest absolute Gasteiger partial charge is 0.347 e. The first kappa shape index (κ1) is 23.8. The Morgan fingerprint density at radius 2 is 1.91 bits per heavy atom. The molecule has 4 rings (SSSR count). The summed E-state index contributed by atoms with van der Waals surface area (Å²) in [6, 6.07) is 5.23. The molecule has 0 bridgehead atoms. The lowest BCUT2D eigenvalue weighted by atomic mass is 9.96. The molecular weight excluding hydrogens is 451 g/mol. The lowest BCUT2D eigenvalue weighted by Crippen LogP contribution is -2.29. The highest BCUT2D eigenvalue weighted by Gasteiger charge is 2.37. The van der Waals surface area contributed by atoms with Crippen LogP contribution >= 0.6 is 0 Å². The van der Waals surface area contributed by atoms with Crippen molar-refractivity contribution < 1.29 is 21.6 Å². The Labute approximate surface area is 192 Å². The van der Waals surface area contributed by atoms with Crippen molar-refractivity contribution in [3.05, 3.63) is 53.7 Å². The van der Waals surface area contributed by atoms with Crippen LogP contribution in [0.15, 0.2) is 36.7 Å². The van der Waals surface area contributed by atoms with Crippen molar-refractivity contribution >= 4 is 20.9 Å². The first-order valence-electron chi connectivity index (χ1n) is 10.9. The van der Waals surface area contributed by atoms with Crippen LogP contribution in [-0.2, 0) is 16.6 Å².